The molecule has 1 rings (SSSR count). The van der Waals surface area contributed by atoms with Crippen molar-refractivity contribution in [2.45, 2.75) is 45.8 Å². The lowest BCUT2D eigenvalue weighted by Crippen LogP contribution is -2.59. The minimum Gasteiger partial charge on any atom is -0.325 e. The highest BCUT2D eigenvalue weighted by molar-refractivity contribution is 5.75. The lowest BCUT2D eigenvalue weighted by Gasteiger charge is -2.44. The van der Waals surface area contributed by atoms with Crippen LogP contribution in [0.2, 0.25) is 0 Å². The predicted molar refractivity (Wildman–Crippen MR) is 66.6 cm³/mol. The molecule has 0 bridgehead atoms. The molecule has 0 saturated carbocycles. The van der Waals surface area contributed by atoms with E-state index in [1.807, 2.05) is 30.7 Å². The summed E-state index contributed by atoms with van der Waals surface area (Å²) in [5, 5.41) is 0. The summed E-state index contributed by atoms with van der Waals surface area (Å²) in [6.45, 7) is 10.2. The van der Waals surface area contributed by atoms with E-state index in [1.165, 1.54) is 0 Å². The van der Waals surface area contributed by atoms with E-state index in [-0.39, 0.29) is 12.1 Å². The lowest BCUT2D eigenvalue weighted by molar-refractivity contribution is 0.0633. The molecular formula is C12H25N3O. The van der Waals surface area contributed by atoms with Crippen LogP contribution in [-0.2, 0) is 0 Å². The van der Waals surface area contributed by atoms with Crippen molar-refractivity contribution in [2.24, 2.45) is 0 Å². The molecule has 0 aliphatic carbocycles. The Morgan fingerprint density at radius 1 is 1.25 bits per heavy atom. The van der Waals surface area contributed by atoms with Gasteiger partial charge in [-0.25, -0.2) is 4.79 Å². The highest BCUT2D eigenvalue weighted by Gasteiger charge is 2.31. The Kier molecular flexibility index (Phi) is 4.19. The van der Waals surface area contributed by atoms with E-state index in [2.05, 4.69) is 25.8 Å². The zero-order chi connectivity index (χ0) is 12.5. The number of likely N-dealkylation sites (N-methyl/N-ethyl adjacent to an activating group) is 1. The molecule has 1 aliphatic heterocycles. The summed E-state index contributed by atoms with van der Waals surface area (Å²) >= 11 is 0. The van der Waals surface area contributed by atoms with Crippen LogP contribution in [0, 0.1) is 0 Å². The van der Waals surface area contributed by atoms with Crippen LogP contribution >= 0.6 is 0 Å². The molecule has 0 aromatic rings. The van der Waals surface area contributed by atoms with E-state index in [0.29, 0.717) is 12.1 Å². The fourth-order valence-corrected chi connectivity index (χ4v) is 1.99. The minimum absolute atomic E-state index is 0.155. The van der Waals surface area contributed by atoms with E-state index in [4.69, 9.17) is 0 Å². The molecular weight excluding hydrogens is 202 g/mol. The number of nitrogens with zero attached hydrogens (tertiary/aromatic N) is 3. The van der Waals surface area contributed by atoms with Crippen molar-refractivity contribution in [1.29, 1.82) is 0 Å². The second-order valence-electron chi connectivity index (χ2n) is 5.28. The normalized spacial score (nSPS) is 27.3. The van der Waals surface area contributed by atoms with Gasteiger partial charge in [-0.2, -0.15) is 0 Å². The Bertz CT molecular complexity index is 255. The number of hydrogen-bond acceptors (Lipinski definition) is 2. The predicted octanol–water partition coefficient (Wildman–Crippen LogP) is 1.47. The third-order valence-electron chi connectivity index (χ3n) is 3.62. The first-order chi connectivity index (χ1) is 7.34. The number of rotatable bonds is 1. The summed E-state index contributed by atoms with van der Waals surface area (Å²) in [5.74, 6) is 0. The molecule has 2 atom stereocenters. The van der Waals surface area contributed by atoms with Gasteiger partial charge in [-0.15, -0.1) is 0 Å². The molecule has 0 aromatic carbocycles. The van der Waals surface area contributed by atoms with Gasteiger partial charge in [0.2, 0.25) is 0 Å². The molecule has 0 N–H and O–H groups in total. The summed E-state index contributed by atoms with van der Waals surface area (Å²) in [7, 11) is 4.00. The number of amides is 2. The molecule has 2 unspecified atom stereocenters. The summed E-state index contributed by atoms with van der Waals surface area (Å²) in [6, 6.07) is 1.16. The summed E-state index contributed by atoms with van der Waals surface area (Å²) in [5.41, 5.74) is 0. The number of carbonyl (C=O) groups excluding carboxylic acids is 1. The highest BCUT2D eigenvalue weighted by atomic mass is 16.2. The molecule has 16 heavy (non-hydrogen) atoms. The SMILES string of the molecule is CC1CN(C(=O)N(C)C(C)C)C(C)CN1C. The third kappa shape index (κ3) is 2.67. The second-order valence-corrected chi connectivity index (χ2v) is 5.28. The van der Waals surface area contributed by atoms with Crippen LogP contribution in [0.3, 0.4) is 0 Å². The average molecular weight is 227 g/mol. The smallest absolute Gasteiger partial charge is 0.320 e. The maximum Gasteiger partial charge on any atom is 0.320 e. The Hall–Kier alpha value is -0.770. The van der Waals surface area contributed by atoms with Crippen molar-refractivity contribution >= 4 is 6.03 Å². The second kappa shape index (κ2) is 5.04. The van der Waals surface area contributed by atoms with Crippen LogP contribution in [0.25, 0.3) is 0 Å². The zero-order valence-electron chi connectivity index (χ0n) is 11.4. The first kappa shape index (κ1) is 13.3. The summed E-state index contributed by atoms with van der Waals surface area (Å²) in [6.07, 6.45) is 0. The molecule has 94 valence electrons. The fourth-order valence-electron chi connectivity index (χ4n) is 1.99. The topological polar surface area (TPSA) is 26.8 Å². The maximum atomic E-state index is 12.2. The van der Waals surface area contributed by atoms with Crippen LogP contribution in [0.15, 0.2) is 0 Å². The van der Waals surface area contributed by atoms with Crippen LogP contribution in [0.5, 0.6) is 0 Å². The van der Waals surface area contributed by atoms with Crippen LogP contribution in [-0.4, -0.2) is 66.0 Å². The van der Waals surface area contributed by atoms with Gasteiger partial charge in [0.15, 0.2) is 0 Å². The molecule has 1 heterocycles. The number of carbonyl (C=O) groups is 1. The van der Waals surface area contributed by atoms with Crippen molar-refractivity contribution < 1.29 is 4.79 Å². The van der Waals surface area contributed by atoms with E-state index in [0.717, 1.165) is 13.1 Å². The van der Waals surface area contributed by atoms with Gasteiger partial charge in [0.05, 0.1) is 0 Å². The van der Waals surface area contributed by atoms with Gasteiger partial charge in [-0.3, -0.25) is 4.90 Å². The standard InChI is InChI=1S/C12H25N3O/c1-9(2)14(6)12(16)15-8-10(3)13(5)7-11(15)4/h9-11H,7-8H2,1-6H3. The monoisotopic (exact) mass is 227 g/mol. The molecule has 0 radical (unpaired) electrons. The first-order valence-corrected chi connectivity index (χ1v) is 6.08. The molecule has 1 aliphatic rings. The molecule has 0 spiro atoms. The minimum atomic E-state index is 0.155. The van der Waals surface area contributed by atoms with Crippen LogP contribution in [0.1, 0.15) is 27.7 Å². The Morgan fingerprint density at radius 3 is 2.31 bits per heavy atom. The van der Waals surface area contributed by atoms with Gasteiger partial charge in [0.25, 0.3) is 0 Å². The third-order valence-corrected chi connectivity index (χ3v) is 3.62. The average Bonchev–Trinajstić information content (AvgIpc) is 2.21. The number of urea groups is 1. The van der Waals surface area contributed by atoms with E-state index < -0.39 is 0 Å². The van der Waals surface area contributed by atoms with Crippen LogP contribution < -0.4 is 0 Å². The first-order valence-electron chi connectivity index (χ1n) is 6.08. The van der Waals surface area contributed by atoms with Gasteiger partial charge < -0.3 is 9.80 Å². The van der Waals surface area contributed by atoms with E-state index in [1.54, 1.807) is 0 Å². The number of hydrogen-bond donors (Lipinski definition) is 0. The van der Waals surface area contributed by atoms with Gasteiger partial charge >= 0.3 is 6.03 Å². The highest BCUT2D eigenvalue weighted by Crippen LogP contribution is 2.15. The molecule has 4 nitrogen and oxygen atoms in total. The Labute approximate surface area is 99.2 Å². The molecule has 0 aromatic heterocycles. The quantitative estimate of drug-likeness (QED) is 0.678. The van der Waals surface area contributed by atoms with Crippen molar-refractivity contribution in [2.75, 3.05) is 27.2 Å². The lowest BCUT2D eigenvalue weighted by atomic mass is 10.1. The van der Waals surface area contributed by atoms with Crippen molar-refractivity contribution in [3.05, 3.63) is 0 Å². The molecule has 4 heteroatoms. The van der Waals surface area contributed by atoms with E-state index >= 15 is 0 Å². The fraction of sp³-hybridized carbons (Fsp3) is 0.917. The summed E-state index contributed by atoms with van der Waals surface area (Å²) < 4.78 is 0. The summed E-state index contributed by atoms with van der Waals surface area (Å²) in [4.78, 5) is 18.3. The van der Waals surface area contributed by atoms with Gasteiger partial charge in [-0.1, -0.05) is 0 Å². The Morgan fingerprint density at radius 2 is 1.81 bits per heavy atom. The van der Waals surface area contributed by atoms with E-state index in [9.17, 15) is 4.79 Å². The van der Waals surface area contributed by atoms with Crippen molar-refractivity contribution in [3.8, 4) is 0 Å². The molecule has 2 amide bonds. The number of piperazine rings is 1. The molecule has 1 fully saturated rings. The molecule has 1 saturated heterocycles. The van der Waals surface area contributed by atoms with Crippen molar-refractivity contribution in [3.63, 3.8) is 0 Å². The van der Waals surface area contributed by atoms with Gasteiger partial charge in [0, 0.05) is 38.3 Å². The van der Waals surface area contributed by atoms with Gasteiger partial charge in [-0.05, 0) is 34.7 Å². The zero-order valence-corrected chi connectivity index (χ0v) is 11.4. The van der Waals surface area contributed by atoms with Crippen LogP contribution in [0.4, 0.5) is 4.79 Å². The largest absolute Gasteiger partial charge is 0.325 e. The maximum absolute atomic E-state index is 12.2. The van der Waals surface area contributed by atoms with Crippen molar-refractivity contribution in [1.82, 2.24) is 14.7 Å². The Balaban J connectivity index is 2.69. The van der Waals surface area contributed by atoms with Gasteiger partial charge in [0.1, 0.15) is 0 Å².